The second kappa shape index (κ2) is 10.4. The van der Waals surface area contributed by atoms with Gasteiger partial charge in [-0.15, -0.1) is 0 Å². The molecule has 0 saturated heterocycles. The largest absolute Gasteiger partial charge is 0.493 e. The van der Waals surface area contributed by atoms with Crippen molar-refractivity contribution in [3.63, 3.8) is 0 Å². The number of anilines is 1. The van der Waals surface area contributed by atoms with Crippen molar-refractivity contribution in [3.05, 3.63) is 18.2 Å². The Kier molecular flexibility index (Phi) is 8.56. The van der Waals surface area contributed by atoms with Crippen LogP contribution in [0.25, 0.3) is 0 Å². The van der Waals surface area contributed by atoms with E-state index in [0.717, 1.165) is 6.42 Å². The molecule has 0 aromatic heterocycles. The Bertz CT molecular complexity index is 592. The van der Waals surface area contributed by atoms with Gasteiger partial charge in [-0.1, -0.05) is 6.92 Å². The number of thiocarbonyl (C=S) groups is 1. The molecule has 7 nitrogen and oxygen atoms in total. The predicted molar refractivity (Wildman–Crippen MR) is 94.4 cm³/mol. The first-order chi connectivity index (χ1) is 11.5. The van der Waals surface area contributed by atoms with Crippen LogP contribution in [0.1, 0.15) is 26.2 Å². The molecule has 1 aromatic carbocycles. The van der Waals surface area contributed by atoms with Crippen molar-refractivity contribution < 1.29 is 23.8 Å². The van der Waals surface area contributed by atoms with Crippen LogP contribution < -0.4 is 20.1 Å². The summed E-state index contributed by atoms with van der Waals surface area (Å²) < 4.78 is 15.2. The highest BCUT2D eigenvalue weighted by molar-refractivity contribution is 7.80. The fraction of sp³-hybridized carbons (Fsp3) is 0.438. The van der Waals surface area contributed by atoms with E-state index in [-0.39, 0.29) is 23.9 Å². The third kappa shape index (κ3) is 6.82. The van der Waals surface area contributed by atoms with Crippen LogP contribution >= 0.6 is 12.2 Å². The monoisotopic (exact) mass is 354 g/mol. The summed E-state index contributed by atoms with van der Waals surface area (Å²) in [6.07, 6.45) is 0.776. The summed E-state index contributed by atoms with van der Waals surface area (Å²) in [4.78, 5) is 23.1. The molecule has 132 valence electrons. The quantitative estimate of drug-likeness (QED) is 0.547. The average molecular weight is 354 g/mol. The Morgan fingerprint density at radius 3 is 2.46 bits per heavy atom. The maximum Gasteiger partial charge on any atom is 0.306 e. The number of nitrogens with one attached hydrogen (secondary N) is 2. The van der Waals surface area contributed by atoms with Gasteiger partial charge in [0.15, 0.2) is 16.6 Å². The van der Waals surface area contributed by atoms with Crippen LogP contribution in [-0.2, 0) is 14.3 Å². The number of ether oxygens (including phenoxy) is 3. The van der Waals surface area contributed by atoms with Crippen molar-refractivity contribution in [1.29, 1.82) is 0 Å². The van der Waals surface area contributed by atoms with Crippen LogP contribution in [0.3, 0.4) is 0 Å². The minimum Gasteiger partial charge on any atom is -0.493 e. The van der Waals surface area contributed by atoms with Gasteiger partial charge in [-0.2, -0.15) is 0 Å². The first kappa shape index (κ1) is 19.7. The summed E-state index contributed by atoms with van der Waals surface area (Å²) >= 11 is 5.07. The Morgan fingerprint density at radius 2 is 1.83 bits per heavy atom. The Hall–Kier alpha value is -2.35. The molecule has 1 amide bonds. The first-order valence-corrected chi connectivity index (χ1v) is 7.89. The van der Waals surface area contributed by atoms with Gasteiger partial charge < -0.3 is 24.8 Å². The summed E-state index contributed by atoms with van der Waals surface area (Å²) in [5.74, 6) is 0.367. The third-order valence-electron chi connectivity index (χ3n) is 2.92. The summed E-state index contributed by atoms with van der Waals surface area (Å²) in [5, 5.41) is 5.51. The van der Waals surface area contributed by atoms with E-state index in [1.165, 1.54) is 7.11 Å². The summed E-state index contributed by atoms with van der Waals surface area (Å²) in [5.41, 5.74) is 0.639. The zero-order valence-corrected chi connectivity index (χ0v) is 14.8. The fourth-order valence-electron chi connectivity index (χ4n) is 1.77. The number of amides is 1. The Balaban J connectivity index is 2.45. The van der Waals surface area contributed by atoms with E-state index in [9.17, 15) is 9.59 Å². The minimum absolute atomic E-state index is 0.0102. The van der Waals surface area contributed by atoms with Crippen LogP contribution in [0.15, 0.2) is 18.2 Å². The van der Waals surface area contributed by atoms with E-state index in [1.807, 2.05) is 6.92 Å². The van der Waals surface area contributed by atoms with Gasteiger partial charge >= 0.3 is 5.97 Å². The molecule has 1 rings (SSSR count). The van der Waals surface area contributed by atoms with Crippen LogP contribution in [0.2, 0.25) is 0 Å². The maximum atomic E-state index is 11.8. The zero-order chi connectivity index (χ0) is 17.9. The number of carbonyl (C=O) groups is 2. The molecule has 0 radical (unpaired) electrons. The molecule has 0 aliphatic carbocycles. The van der Waals surface area contributed by atoms with Gasteiger partial charge in [0.1, 0.15) is 0 Å². The van der Waals surface area contributed by atoms with Crippen molar-refractivity contribution in [2.24, 2.45) is 0 Å². The molecule has 0 bridgehead atoms. The van der Waals surface area contributed by atoms with Crippen molar-refractivity contribution >= 4 is 34.9 Å². The number of rotatable bonds is 8. The Morgan fingerprint density at radius 1 is 1.12 bits per heavy atom. The molecular weight excluding hydrogens is 332 g/mol. The van der Waals surface area contributed by atoms with Crippen LogP contribution in [0, 0.1) is 0 Å². The van der Waals surface area contributed by atoms with Gasteiger partial charge in [0.25, 0.3) is 0 Å². The fourth-order valence-corrected chi connectivity index (χ4v) is 2.00. The summed E-state index contributed by atoms with van der Waals surface area (Å²) in [6, 6.07) is 5.15. The smallest absolute Gasteiger partial charge is 0.306 e. The topological polar surface area (TPSA) is 85.9 Å². The highest BCUT2D eigenvalue weighted by atomic mass is 32.1. The van der Waals surface area contributed by atoms with E-state index < -0.39 is 5.97 Å². The third-order valence-corrected chi connectivity index (χ3v) is 3.12. The summed E-state index contributed by atoms with van der Waals surface area (Å²) in [7, 11) is 3.07. The molecule has 24 heavy (non-hydrogen) atoms. The number of methoxy groups -OCH3 is 2. The number of benzene rings is 1. The van der Waals surface area contributed by atoms with E-state index >= 15 is 0 Å². The minimum atomic E-state index is -0.397. The highest BCUT2D eigenvalue weighted by Gasteiger charge is 2.10. The van der Waals surface area contributed by atoms with E-state index in [0.29, 0.717) is 23.8 Å². The molecule has 0 aliphatic heterocycles. The van der Waals surface area contributed by atoms with Gasteiger partial charge in [0.2, 0.25) is 5.91 Å². The molecule has 1 aromatic rings. The second-order valence-electron chi connectivity index (χ2n) is 4.79. The molecule has 0 fully saturated rings. The van der Waals surface area contributed by atoms with Gasteiger partial charge in [0.05, 0.1) is 27.2 Å². The Labute approximate surface area is 146 Å². The molecule has 0 atom stereocenters. The standard InChI is InChI=1S/C16H22N2O5S/c1-4-9-23-15(20)8-7-14(19)18-16(24)17-11-5-6-12(21-2)13(10-11)22-3/h5-6,10H,4,7-9H2,1-3H3,(H2,17,18,19,24). The van der Waals surface area contributed by atoms with Crippen LogP contribution in [-0.4, -0.2) is 37.8 Å². The predicted octanol–water partition coefficient (Wildman–Crippen LogP) is 2.25. The average Bonchev–Trinajstić information content (AvgIpc) is 2.57. The molecule has 0 unspecified atom stereocenters. The lowest BCUT2D eigenvalue weighted by molar-refractivity contribution is -0.144. The maximum absolute atomic E-state index is 11.8. The van der Waals surface area contributed by atoms with Gasteiger partial charge in [-0.3, -0.25) is 9.59 Å². The zero-order valence-electron chi connectivity index (χ0n) is 14.0. The lowest BCUT2D eigenvalue weighted by Crippen LogP contribution is -2.34. The first-order valence-electron chi connectivity index (χ1n) is 7.48. The van der Waals surface area contributed by atoms with E-state index in [2.05, 4.69) is 10.6 Å². The SMILES string of the molecule is CCCOC(=O)CCC(=O)NC(=S)Nc1ccc(OC)c(OC)c1. The number of esters is 1. The van der Waals surface area contributed by atoms with Crippen molar-refractivity contribution in [2.75, 3.05) is 26.1 Å². The van der Waals surface area contributed by atoms with Crippen molar-refractivity contribution in [3.8, 4) is 11.5 Å². The van der Waals surface area contributed by atoms with Crippen LogP contribution in [0.4, 0.5) is 5.69 Å². The lowest BCUT2D eigenvalue weighted by atomic mass is 10.2. The van der Waals surface area contributed by atoms with Gasteiger partial charge in [-0.25, -0.2) is 0 Å². The molecule has 0 saturated carbocycles. The molecule has 0 aliphatic rings. The molecule has 8 heteroatoms. The second-order valence-corrected chi connectivity index (χ2v) is 5.20. The van der Waals surface area contributed by atoms with Crippen molar-refractivity contribution in [1.82, 2.24) is 5.32 Å². The number of hydrogen-bond donors (Lipinski definition) is 2. The molecule has 2 N–H and O–H groups in total. The number of carbonyl (C=O) groups excluding carboxylic acids is 2. The molecule has 0 heterocycles. The molecule has 0 spiro atoms. The normalized spacial score (nSPS) is 9.79. The van der Waals surface area contributed by atoms with Gasteiger partial charge in [-0.05, 0) is 30.8 Å². The van der Waals surface area contributed by atoms with Gasteiger partial charge in [0, 0.05) is 18.2 Å². The molecular formula is C16H22N2O5S. The van der Waals surface area contributed by atoms with E-state index in [4.69, 9.17) is 26.4 Å². The van der Waals surface area contributed by atoms with Crippen LogP contribution in [0.5, 0.6) is 11.5 Å². The summed E-state index contributed by atoms with van der Waals surface area (Å²) in [6.45, 7) is 2.26. The van der Waals surface area contributed by atoms with Crippen molar-refractivity contribution in [2.45, 2.75) is 26.2 Å². The lowest BCUT2D eigenvalue weighted by Gasteiger charge is -2.12. The van der Waals surface area contributed by atoms with E-state index in [1.54, 1.807) is 25.3 Å². The highest BCUT2D eigenvalue weighted by Crippen LogP contribution is 2.29. The number of hydrogen-bond acceptors (Lipinski definition) is 6.